The topological polar surface area (TPSA) is 31.9 Å². The first-order chi connectivity index (χ1) is 6.84. The number of aromatic nitrogens is 2. The molecule has 1 aliphatic rings. The molecule has 0 aliphatic carbocycles. The Morgan fingerprint density at radius 3 is 2.57 bits per heavy atom. The Kier molecular flexibility index (Phi) is 3.19. The summed E-state index contributed by atoms with van der Waals surface area (Å²) in [7, 11) is 0. The van der Waals surface area contributed by atoms with E-state index in [4.69, 9.17) is 0 Å². The Morgan fingerprint density at radius 1 is 1.29 bits per heavy atom. The fraction of sp³-hybridized carbons (Fsp3) is 0.727. The van der Waals surface area contributed by atoms with Gasteiger partial charge in [-0.3, -0.25) is 4.90 Å². The number of nitrogens with one attached hydrogen (secondary N) is 1. The Balaban J connectivity index is 1.89. The molecule has 1 fully saturated rings. The van der Waals surface area contributed by atoms with Crippen LogP contribution in [0, 0.1) is 6.92 Å². The molecule has 0 unspecified atom stereocenters. The van der Waals surface area contributed by atoms with Crippen molar-refractivity contribution < 1.29 is 0 Å². The van der Waals surface area contributed by atoms with Gasteiger partial charge >= 0.3 is 0 Å². The van der Waals surface area contributed by atoms with Gasteiger partial charge in [-0.25, -0.2) is 4.98 Å². The van der Waals surface area contributed by atoms with Crippen molar-refractivity contribution in [1.29, 1.82) is 0 Å². The molecule has 3 nitrogen and oxygen atoms in total. The van der Waals surface area contributed by atoms with Crippen LogP contribution in [0.4, 0.5) is 0 Å². The number of H-pyrrole nitrogens is 1. The molecule has 3 heteroatoms. The van der Waals surface area contributed by atoms with E-state index in [1.165, 1.54) is 38.8 Å². The van der Waals surface area contributed by atoms with Gasteiger partial charge in [0.25, 0.3) is 0 Å². The van der Waals surface area contributed by atoms with E-state index in [1.54, 1.807) is 0 Å². The van der Waals surface area contributed by atoms with Gasteiger partial charge in [0.15, 0.2) is 0 Å². The SMILES string of the molecule is Cc1cnc(CN2CCCCCC2)[nH]1. The first-order valence-electron chi connectivity index (χ1n) is 5.57. The van der Waals surface area contributed by atoms with Crippen LogP contribution in [0.5, 0.6) is 0 Å². The van der Waals surface area contributed by atoms with Crippen molar-refractivity contribution in [2.75, 3.05) is 13.1 Å². The van der Waals surface area contributed by atoms with Crippen molar-refractivity contribution in [2.24, 2.45) is 0 Å². The molecule has 0 amide bonds. The van der Waals surface area contributed by atoms with Crippen molar-refractivity contribution in [2.45, 2.75) is 39.2 Å². The minimum Gasteiger partial charge on any atom is -0.345 e. The normalized spacial score (nSPS) is 19.5. The van der Waals surface area contributed by atoms with Gasteiger partial charge in [0.05, 0.1) is 6.54 Å². The van der Waals surface area contributed by atoms with Crippen LogP contribution in [-0.4, -0.2) is 28.0 Å². The number of likely N-dealkylation sites (tertiary alicyclic amines) is 1. The molecule has 2 rings (SSSR count). The van der Waals surface area contributed by atoms with E-state index in [0.717, 1.165) is 18.1 Å². The van der Waals surface area contributed by atoms with Gasteiger partial charge in [-0.15, -0.1) is 0 Å². The third-order valence-electron chi connectivity index (χ3n) is 2.83. The predicted octanol–water partition coefficient (Wildman–Crippen LogP) is 2.09. The van der Waals surface area contributed by atoms with E-state index in [9.17, 15) is 0 Å². The van der Waals surface area contributed by atoms with Crippen molar-refractivity contribution >= 4 is 0 Å². The molecule has 1 aliphatic heterocycles. The molecule has 0 saturated carbocycles. The molecule has 1 N–H and O–H groups in total. The summed E-state index contributed by atoms with van der Waals surface area (Å²) < 4.78 is 0. The van der Waals surface area contributed by atoms with Crippen molar-refractivity contribution in [3.63, 3.8) is 0 Å². The fourth-order valence-corrected chi connectivity index (χ4v) is 2.05. The van der Waals surface area contributed by atoms with E-state index < -0.39 is 0 Å². The highest BCUT2D eigenvalue weighted by atomic mass is 15.1. The summed E-state index contributed by atoms with van der Waals surface area (Å²) in [6.45, 7) is 5.52. The van der Waals surface area contributed by atoms with Gasteiger partial charge in [-0.2, -0.15) is 0 Å². The van der Waals surface area contributed by atoms with Crippen LogP contribution in [0.15, 0.2) is 6.20 Å². The van der Waals surface area contributed by atoms with E-state index in [2.05, 4.69) is 21.8 Å². The monoisotopic (exact) mass is 193 g/mol. The lowest BCUT2D eigenvalue weighted by atomic mass is 10.2. The Hall–Kier alpha value is -0.830. The second-order valence-electron chi connectivity index (χ2n) is 4.20. The number of aromatic amines is 1. The standard InChI is InChI=1S/C11H19N3/c1-10-8-12-11(13-10)9-14-6-4-2-3-5-7-14/h8H,2-7,9H2,1H3,(H,12,13). The molecule has 0 aromatic carbocycles. The van der Waals surface area contributed by atoms with Crippen molar-refractivity contribution in [1.82, 2.24) is 14.9 Å². The molecule has 0 atom stereocenters. The summed E-state index contributed by atoms with van der Waals surface area (Å²) in [4.78, 5) is 10.1. The molecule has 14 heavy (non-hydrogen) atoms. The zero-order valence-electron chi connectivity index (χ0n) is 8.92. The van der Waals surface area contributed by atoms with Crippen molar-refractivity contribution in [3.8, 4) is 0 Å². The Labute approximate surface area is 85.5 Å². The molecule has 0 bridgehead atoms. The first-order valence-corrected chi connectivity index (χ1v) is 5.57. The maximum Gasteiger partial charge on any atom is 0.120 e. The number of nitrogens with zero attached hydrogens (tertiary/aromatic N) is 2. The number of imidazole rings is 1. The van der Waals surface area contributed by atoms with Gasteiger partial charge in [-0.05, 0) is 32.9 Å². The number of hydrogen-bond acceptors (Lipinski definition) is 2. The molecule has 1 aromatic rings. The third-order valence-corrected chi connectivity index (χ3v) is 2.83. The van der Waals surface area contributed by atoms with Crippen LogP contribution in [0.3, 0.4) is 0 Å². The van der Waals surface area contributed by atoms with E-state index >= 15 is 0 Å². The Bertz CT molecular complexity index is 272. The molecular formula is C11H19N3. The van der Waals surface area contributed by atoms with Crippen LogP contribution in [0.25, 0.3) is 0 Å². The summed E-state index contributed by atoms with van der Waals surface area (Å²) >= 11 is 0. The van der Waals surface area contributed by atoms with E-state index in [0.29, 0.717) is 0 Å². The zero-order valence-corrected chi connectivity index (χ0v) is 8.92. The van der Waals surface area contributed by atoms with Crippen LogP contribution < -0.4 is 0 Å². The smallest absolute Gasteiger partial charge is 0.120 e. The molecule has 0 spiro atoms. The summed E-state index contributed by atoms with van der Waals surface area (Å²) in [6.07, 6.45) is 7.40. The molecule has 2 heterocycles. The quantitative estimate of drug-likeness (QED) is 0.780. The van der Waals surface area contributed by atoms with E-state index in [-0.39, 0.29) is 0 Å². The predicted molar refractivity (Wildman–Crippen MR) is 57.1 cm³/mol. The summed E-state index contributed by atoms with van der Waals surface area (Å²) in [5, 5.41) is 0. The average Bonchev–Trinajstić information content (AvgIpc) is 2.43. The molecule has 1 saturated heterocycles. The van der Waals surface area contributed by atoms with Crippen LogP contribution in [0.1, 0.15) is 37.2 Å². The van der Waals surface area contributed by atoms with Crippen molar-refractivity contribution in [3.05, 3.63) is 17.7 Å². The second-order valence-corrected chi connectivity index (χ2v) is 4.20. The second kappa shape index (κ2) is 4.60. The molecule has 0 radical (unpaired) electrons. The number of aryl methyl sites for hydroxylation is 1. The number of hydrogen-bond donors (Lipinski definition) is 1. The lowest BCUT2D eigenvalue weighted by molar-refractivity contribution is 0.271. The first kappa shape index (κ1) is 9.71. The maximum absolute atomic E-state index is 4.34. The maximum atomic E-state index is 4.34. The van der Waals surface area contributed by atoms with Gasteiger partial charge in [0.1, 0.15) is 5.82 Å². The highest BCUT2D eigenvalue weighted by Crippen LogP contribution is 2.11. The summed E-state index contributed by atoms with van der Waals surface area (Å²) in [5.74, 6) is 1.12. The zero-order chi connectivity index (χ0) is 9.80. The van der Waals surface area contributed by atoms with Gasteiger partial charge < -0.3 is 4.98 Å². The van der Waals surface area contributed by atoms with Gasteiger partial charge in [0, 0.05) is 11.9 Å². The van der Waals surface area contributed by atoms with Gasteiger partial charge in [0.2, 0.25) is 0 Å². The molecule has 78 valence electrons. The van der Waals surface area contributed by atoms with Gasteiger partial charge in [-0.1, -0.05) is 12.8 Å². The minimum absolute atomic E-state index is 0.994. The van der Waals surface area contributed by atoms with Crippen LogP contribution >= 0.6 is 0 Å². The lowest BCUT2D eigenvalue weighted by Crippen LogP contribution is -2.24. The fourth-order valence-electron chi connectivity index (χ4n) is 2.05. The van der Waals surface area contributed by atoms with Crippen LogP contribution in [-0.2, 0) is 6.54 Å². The lowest BCUT2D eigenvalue weighted by Gasteiger charge is -2.17. The van der Waals surface area contributed by atoms with Crippen LogP contribution in [0.2, 0.25) is 0 Å². The average molecular weight is 193 g/mol. The number of rotatable bonds is 2. The Morgan fingerprint density at radius 2 is 2.00 bits per heavy atom. The summed E-state index contributed by atoms with van der Waals surface area (Å²) in [5.41, 5.74) is 1.16. The largest absolute Gasteiger partial charge is 0.345 e. The summed E-state index contributed by atoms with van der Waals surface area (Å²) in [6, 6.07) is 0. The third kappa shape index (κ3) is 2.58. The molecular weight excluding hydrogens is 174 g/mol. The highest BCUT2D eigenvalue weighted by molar-refractivity contribution is 4.98. The highest BCUT2D eigenvalue weighted by Gasteiger charge is 2.10. The molecule has 1 aromatic heterocycles. The van der Waals surface area contributed by atoms with E-state index in [1.807, 2.05) is 6.20 Å². The minimum atomic E-state index is 0.994.